The van der Waals surface area contributed by atoms with Crippen LogP contribution in [0.1, 0.15) is 29.7 Å². The van der Waals surface area contributed by atoms with Crippen molar-refractivity contribution in [1.29, 1.82) is 0 Å². The first-order valence-corrected chi connectivity index (χ1v) is 8.48. The molecule has 0 saturated heterocycles. The predicted octanol–water partition coefficient (Wildman–Crippen LogP) is 5.44. The largest absolute Gasteiger partial charge is 0.466 e. The molecule has 116 valence electrons. The van der Waals surface area contributed by atoms with E-state index in [1.807, 2.05) is 31.2 Å². The number of hydrogen-bond acceptors (Lipinski definition) is 3. The van der Waals surface area contributed by atoms with Crippen molar-refractivity contribution in [1.82, 2.24) is 0 Å². The van der Waals surface area contributed by atoms with E-state index in [4.69, 9.17) is 16.3 Å². The molecule has 0 aliphatic carbocycles. The number of carbonyl (C=O) groups is 1. The Morgan fingerprint density at radius 3 is 2.36 bits per heavy atom. The van der Waals surface area contributed by atoms with Crippen molar-refractivity contribution < 1.29 is 9.53 Å². The Balaban J connectivity index is 2.18. The Hall–Kier alpha value is -1.45. The molecule has 2 aromatic rings. The summed E-state index contributed by atoms with van der Waals surface area (Å²) in [5.41, 5.74) is 2.33. The first kappa shape index (κ1) is 16.9. The fourth-order valence-corrected chi connectivity index (χ4v) is 3.32. The lowest BCUT2D eigenvalue weighted by molar-refractivity contribution is -0.143. The molecule has 0 fully saturated rings. The van der Waals surface area contributed by atoms with Gasteiger partial charge in [-0.25, -0.2) is 0 Å². The lowest BCUT2D eigenvalue weighted by Gasteiger charge is -2.16. The van der Waals surface area contributed by atoms with Crippen molar-refractivity contribution in [2.45, 2.75) is 30.4 Å². The minimum Gasteiger partial charge on any atom is -0.466 e. The van der Waals surface area contributed by atoms with Gasteiger partial charge in [0.25, 0.3) is 0 Å². The van der Waals surface area contributed by atoms with Crippen LogP contribution in [0.4, 0.5) is 0 Å². The summed E-state index contributed by atoms with van der Waals surface area (Å²) in [6.45, 7) is 4.28. The highest BCUT2D eigenvalue weighted by Crippen LogP contribution is 2.38. The first-order valence-electron chi connectivity index (χ1n) is 7.23. The zero-order valence-corrected chi connectivity index (χ0v) is 14.3. The minimum atomic E-state index is -0.172. The van der Waals surface area contributed by atoms with Gasteiger partial charge in [-0.15, -0.1) is 11.8 Å². The molecule has 0 aliphatic heterocycles. The number of esters is 1. The van der Waals surface area contributed by atoms with E-state index in [1.165, 1.54) is 5.56 Å². The normalized spacial score (nSPS) is 12.0. The van der Waals surface area contributed by atoms with Crippen molar-refractivity contribution in [2.75, 3.05) is 6.61 Å². The molecule has 2 rings (SSSR count). The Bertz CT molecular complexity index is 608. The lowest BCUT2D eigenvalue weighted by Crippen LogP contribution is -2.08. The van der Waals surface area contributed by atoms with Crippen LogP contribution in [0.15, 0.2) is 53.4 Å². The number of aryl methyl sites for hydroxylation is 1. The summed E-state index contributed by atoms with van der Waals surface area (Å²) in [6.07, 6.45) is 0.351. The summed E-state index contributed by atoms with van der Waals surface area (Å²) >= 11 is 7.58. The Labute approximate surface area is 140 Å². The Morgan fingerprint density at radius 2 is 1.77 bits per heavy atom. The van der Waals surface area contributed by atoms with Crippen molar-refractivity contribution in [2.24, 2.45) is 0 Å². The maximum atomic E-state index is 11.9. The van der Waals surface area contributed by atoms with E-state index in [-0.39, 0.29) is 11.2 Å². The molecular weight excluding hydrogens is 316 g/mol. The van der Waals surface area contributed by atoms with Gasteiger partial charge in [0.1, 0.15) is 0 Å². The van der Waals surface area contributed by atoms with E-state index < -0.39 is 0 Å². The molecule has 4 heteroatoms. The third-order valence-corrected chi connectivity index (χ3v) is 4.72. The van der Waals surface area contributed by atoms with Gasteiger partial charge in [-0.2, -0.15) is 0 Å². The van der Waals surface area contributed by atoms with Crippen LogP contribution in [0.25, 0.3) is 0 Å². The van der Waals surface area contributed by atoms with Crippen molar-refractivity contribution in [3.05, 3.63) is 64.7 Å². The van der Waals surface area contributed by atoms with Crippen LogP contribution >= 0.6 is 23.4 Å². The third kappa shape index (κ3) is 5.08. The summed E-state index contributed by atoms with van der Waals surface area (Å²) in [6, 6.07) is 15.9. The van der Waals surface area contributed by atoms with Crippen LogP contribution in [0.5, 0.6) is 0 Å². The van der Waals surface area contributed by atoms with E-state index in [1.54, 1.807) is 11.8 Å². The van der Waals surface area contributed by atoms with Gasteiger partial charge in [-0.05, 0) is 43.7 Å². The van der Waals surface area contributed by atoms with Crippen molar-refractivity contribution in [3.63, 3.8) is 0 Å². The molecule has 0 spiro atoms. The molecule has 0 aromatic heterocycles. The topological polar surface area (TPSA) is 26.3 Å². The summed E-state index contributed by atoms with van der Waals surface area (Å²) in [4.78, 5) is 13.0. The van der Waals surface area contributed by atoms with Crippen LogP contribution in [-0.2, 0) is 9.53 Å². The quantitative estimate of drug-likeness (QED) is 0.520. The highest BCUT2D eigenvalue weighted by Gasteiger charge is 2.18. The Kier molecular flexibility index (Phi) is 6.34. The molecule has 0 heterocycles. The van der Waals surface area contributed by atoms with E-state index >= 15 is 0 Å². The highest BCUT2D eigenvalue weighted by molar-refractivity contribution is 7.99. The molecular formula is C18H19ClO2S. The fraction of sp³-hybridized carbons (Fsp3) is 0.278. The summed E-state index contributed by atoms with van der Waals surface area (Å²) in [5, 5.41) is 0.738. The van der Waals surface area contributed by atoms with Crippen LogP contribution in [0.3, 0.4) is 0 Å². The van der Waals surface area contributed by atoms with E-state index in [0.717, 1.165) is 10.5 Å². The molecule has 0 aliphatic rings. The zero-order chi connectivity index (χ0) is 15.9. The van der Waals surface area contributed by atoms with Gasteiger partial charge in [0, 0.05) is 15.2 Å². The van der Waals surface area contributed by atoms with Crippen LogP contribution < -0.4 is 0 Å². The van der Waals surface area contributed by atoms with E-state index in [9.17, 15) is 4.79 Å². The molecule has 0 saturated carbocycles. The second-order valence-corrected chi connectivity index (χ2v) is 6.69. The molecule has 0 N–H and O–H groups in total. The number of benzene rings is 2. The van der Waals surface area contributed by atoms with Gasteiger partial charge < -0.3 is 4.74 Å². The third-order valence-electron chi connectivity index (χ3n) is 3.20. The van der Waals surface area contributed by atoms with E-state index in [0.29, 0.717) is 18.1 Å². The van der Waals surface area contributed by atoms with E-state index in [2.05, 4.69) is 31.2 Å². The standard InChI is InChI=1S/C18H19ClO2S/c1-3-21-18(20)12-17(14-6-4-13(2)5-7-14)22-16-10-8-15(19)9-11-16/h4-11,17H,3,12H2,1-2H3. The number of carbonyl (C=O) groups excluding carboxylic acids is 1. The van der Waals surface area contributed by atoms with Crippen molar-refractivity contribution >= 4 is 29.3 Å². The second-order valence-electron chi connectivity index (χ2n) is 4.98. The lowest BCUT2D eigenvalue weighted by atomic mass is 10.1. The first-order chi connectivity index (χ1) is 10.6. The predicted molar refractivity (Wildman–Crippen MR) is 92.5 cm³/mol. The van der Waals surface area contributed by atoms with Crippen molar-refractivity contribution in [3.8, 4) is 0 Å². The smallest absolute Gasteiger partial charge is 0.307 e. The van der Waals surface area contributed by atoms with Gasteiger partial charge in [-0.1, -0.05) is 41.4 Å². The fourth-order valence-electron chi connectivity index (χ4n) is 2.06. The number of halogens is 1. The summed E-state index contributed by atoms with van der Waals surface area (Å²) in [7, 11) is 0. The molecule has 0 bridgehead atoms. The summed E-state index contributed by atoms with van der Waals surface area (Å²) < 4.78 is 5.10. The molecule has 1 unspecified atom stereocenters. The second kappa shape index (κ2) is 8.25. The van der Waals surface area contributed by atoms with Gasteiger partial charge in [0.2, 0.25) is 0 Å². The minimum absolute atomic E-state index is 0.0285. The SMILES string of the molecule is CCOC(=O)CC(Sc1ccc(Cl)cc1)c1ccc(C)cc1. The molecule has 22 heavy (non-hydrogen) atoms. The number of rotatable bonds is 6. The number of hydrogen-bond donors (Lipinski definition) is 0. The van der Waals surface area contributed by atoms with Gasteiger partial charge in [-0.3, -0.25) is 4.79 Å². The maximum absolute atomic E-state index is 11.9. The van der Waals surface area contributed by atoms with Gasteiger partial charge >= 0.3 is 5.97 Å². The monoisotopic (exact) mass is 334 g/mol. The molecule has 2 aromatic carbocycles. The molecule has 2 nitrogen and oxygen atoms in total. The van der Waals surface area contributed by atoms with Crippen LogP contribution in [-0.4, -0.2) is 12.6 Å². The zero-order valence-electron chi connectivity index (χ0n) is 12.7. The number of thioether (sulfide) groups is 1. The van der Waals surface area contributed by atoms with Crippen LogP contribution in [0, 0.1) is 6.92 Å². The average Bonchev–Trinajstić information content (AvgIpc) is 2.50. The molecule has 1 atom stereocenters. The maximum Gasteiger partial charge on any atom is 0.307 e. The average molecular weight is 335 g/mol. The molecule has 0 radical (unpaired) electrons. The Morgan fingerprint density at radius 1 is 1.14 bits per heavy atom. The summed E-state index contributed by atoms with van der Waals surface area (Å²) in [5.74, 6) is -0.172. The molecule has 0 amide bonds. The highest BCUT2D eigenvalue weighted by atomic mass is 35.5. The van der Waals surface area contributed by atoms with Gasteiger partial charge in [0.15, 0.2) is 0 Å². The van der Waals surface area contributed by atoms with Crippen LogP contribution in [0.2, 0.25) is 5.02 Å². The number of ether oxygens (including phenoxy) is 1. The van der Waals surface area contributed by atoms with Gasteiger partial charge in [0.05, 0.1) is 13.0 Å².